The lowest BCUT2D eigenvalue weighted by Crippen LogP contribution is -2.48. The lowest BCUT2D eigenvalue weighted by atomic mass is 9.74. The topological polar surface area (TPSA) is 71.5 Å². The fourth-order valence-corrected chi connectivity index (χ4v) is 5.01. The molecule has 0 aliphatic carbocycles. The van der Waals surface area contributed by atoms with Crippen LogP contribution < -0.4 is 10.1 Å². The summed E-state index contributed by atoms with van der Waals surface area (Å²) in [6.07, 6.45) is 11.0. The zero-order chi connectivity index (χ0) is 23.1. The second-order valence-electron chi connectivity index (χ2n) is 9.25. The molecule has 1 fully saturated rings. The number of carbonyl (C=O) groups is 2. The molecule has 0 atom stereocenters. The first-order valence-electron chi connectivity index (χ1n) is 11.9. The molecule has 1 saturated heterocycles. The van der Waals surface area contributed by atoms with Crippen molar-refractivity contribution >= 4 is 23.4 Å². The molecule has 4 rings (SSSR count). The largest absolute Gasteiger partial charge is 0.493 e. The van der Waals surface area contributed by atoms with Gasteiger partial charge in [0.2, 0.25) is 5.91 Å². The number of rotatable bonds is 2. The number of carbonyl (C=O) groups excluding carboxylic acids is 2. The fourth-order valence-electron chi connectivity index (χ4n) is 4.84. The van der Waals surface area contributed by atoms with Crippen LogP contribution in [0.2, 0.25) is 5.02 Å². The first kappa shape index (κ1) is 23.6. The van der Waals surface area contributed by atoms with Crippen LogP contribution in [0.3, 0.4) is 0 Å². The van der Waals surface area contributed by atoms with Crippen LogP contribution in [0.1, 0.15) is 60.9 Å². The molecule has 0 saturated carbocycles. The number of benzene rings is 1. The van der Waals surface area contributed by atoms with Crippen molar-refractivity contribution in [2.45, 2.75) is 51.4 Å². The van der Waals surface area contributed by atoms with E-state index in [0.717, 1.165) is 63.6 Å². The predicted octanol–water partition coefficient (Wildman–Crippen LogP) is 4.66. The van der Waals surface area contributed by atoms with E-state index in [0.29, 0.717) is 35.9 Å². The smallest absolute Gasteiger partial charge is 0.255 e. The second-order valence-corrected chi connectivity index (χ2v) is 9.69. The van der Waals surface area contributed by atoms with E-state index in [1.807, 2.05) is 17.0 Å². The summed E-state index contributed by atoms with van der Waals surface area (Å²) in [6, 6.07) is 9.01. The molecule has 0 radical (unpaired) electrons. The molecule has 7 heteroatoms. The second kappa shape index (κ2) is 11.0. The third-order valence-corrected chi connectivity index (χ3v) is 7.16. The van der Waals surface area contributed by atoms with E-state index in [2.05, 4.69) is 10.3 Å². The van der Waals surface area contributed by atoms with Gasteiger partial charge in [-0.1, -0.05) is 36.9 Å². The minimum absolute atomic E-state index is 0.00833. The van der Waals surface area contributed by atoms with Crippen molar-refractivity contribution in [2.24, 2.45) is 5.41 Å². The molecule has 6 nitrogen and oxygen atoms in total. The Hall–Kier alpha value is -2.60. The van der Waals surface area contributed by atoms with Gasteiger partial charge in [0.05, 0.1) is 18.6 Å². The number of piperidine rings is 1. The fraction of sp³-hybridized carbons (Fsp3) is 0.500. The van der Waals surface area contributed by atoms with Gasteiger partial charge >= 0.3 is 0 Å². The summed E-state index contributed by atoms with van der Waals surface area (Å²) in [4.78, 5) is 31.9. The molecule has 0 bridgehead atoms. The quantitative estimate of drug-likeness (QED) is 0.694. The van der Waals surface area contributed by atoms with Crippen molar-refractivity contribution in [1.29, 1.82) is 0 Å². The molecule has 2 aliphatic rings. The molecule has 33 heavy (non-hydrogen) atoms. The van der Waals surface area contributed by atoms with E-state index < -0.39 is 0 Å². The number of nitrogens with one attached hydrogen (secondary N) is 1. The van der Waals surface area contributed by atoms with E-state index in [4.69, 9.17) is 16.3 Å². The van der Waals surface area contributed by atoms with E-state index in [-0.39, 0.29) is 17.2 Å². The van der Waals surface area contributed by atoms with Crippen LogP contribution in [-0.2, 0) is 11.2 Å². The average molecular weight is 470 g/mol. The van der Waals surface area contributed by atoms with Crippen molar-refractivity contribution in [2.75, 3.05) is 26.2 Å². The monoisotopic (exact) mass is 469 g/mol. The zero-order valence-electron chi connectivity index (χ0n) is 19.0. The zero-order valence-corrected chi connectivity index (χ0v) is 19.8. The minimum Gasteiger partial charge on any atom is -0.493 e. The van der Waals surface area contributed by atoms with Gasteiger partial charge in [0.1, 0.15) is 5.75 Å². The van der Waals surface area contributed by atoms with Gasteiger partial charge in [-0.3, -0.25) is 14.6 Å². The summed E-state index contributed by atoms with van der Waals surface area (Å²) in [5.74, 6) is 0.578. The average Bonchev–Trinajstić information content (AvgIpc) is 2.84. The summed E-state index contributed by atoms with van der Waals surface area (Å²) >= 11 is 6.16. The number of halogens is 1. The van der Waals surface area contributed by atoms with Crippen LogP contribution in [0, 0.1) is 5.41 Å². The normalized spacial score (nSPS) is 19.3. The number of aromatic nitrogens is 1. The van der Waals surface area contributed by atoms with E-state index in [9.17, 15) is 9.59 Å². The number of ether oxygens (including phenoxy) is 1. The Morgan fingerprint density at radius 1 is 1.12 bits per heavy atom. The summed E-state index contributed by atoms with van der Waals surface area (Å²) in [5.41, 5.74) is 1.44. The van der Waals surface area contributed by atoms with Crippen LogP contribution in [0.25, 0.3) is 0 Å². The molecule has 176 valence electrons. The highest BCUT2D eigenvalue weighted by molar-refractivity contribution is 6.31. The Kier molecular flexibility index (Phi) is 7.86. The summed E-state index contributed by atoms with van der Waals surface area (Å²) < 4.78 is 5.88. The first-order chi connectivity index (χ1) is 16.0. The molecule has 1 aromatic heterocycles. The number of fused-ring (bicyclic) bond motifs is 1. The minimum atomic E-state index is -0.152. The number of likely N-dealkylation sites (tertiary alicyclic amines) is 1. The van der Waals surface area contributed by atoms with Crippen molar-refractivity contribution in [3.63, 3.8) is 0 Å². The maximum Gasteiger partial charge on any atom is 0.255 e. The lowest BCUT2D eigenvalue weighted by Gasteiger charge is -2.42. The number of pyridine rings is 1. The molecule has 2 amide bonds. The number of hydrogen-bond donors (Lipinski definition) is 1. The highest BCUT2D eigenvalue weighted by Crippen LogP contribution is 2.37. The molecule has 2 aromatic rings. The Morgan fingerprint density at radius 2 is 1.94 bits per heavy atom. The first-order valence-corrected chi connectivity index (χ1v) is 12.3. The van der Waals surface area contributed by atoms with Crippen molar-refractivity contribution in [3.05, 3.63) is 58.9 Å². The number of hydrogen-bond acceptors (Lipinski definition) is 4. The van der Waals surface area contributed by atoms with Crippen molar-refractivity contribution in [3.8, 4) is 5.75 Å². The predicted molar refractivity (Wildman–Crippen MR) is 129 cm³/mol. The van der Waals surface area contributed by atoms with E-state index in [1.54, 1.807) is 30.6 Å². The van der Waals surface area contributed by atoms with Gasteiger partial charge in [-0.25, -0.2) is 0 Å². The van der Waals surface area contributed by atoms with Crippen LogP contribution in [0.4, 0.5) is 0 Å². The molecule has 0 unspecified atom stereocenters. The lowest BCUT2D eigenvalue weighted by molar-refractivity contribution is -0.132. The summed E-state index contributed by atoms with van der Waals surface area (Å²) in [5, 5.41) is 3.68. The van der Waals surface area contributed by atoms with Gasteiger partial charge in [0.15, 0.2) is 0 Å². The standard InChI is InChI=1S/C26H32ClN3O3/c27-21-7-8-23-22(17-21)25(32)29-19-26(9-3-1-2-4-15-33-23)10-13-30(14-11-26)24(31)16-20-6-5-12-28-18-20/h5-8,12,17-18H,1-4,9-11,13-16,19H2,(H,29,32). The summed E-state index contributed by atoms with van der Waals surface area (Å²) in [6.45, 7) is 2.64. The molecular weight excluding hydrogens is 438 g/mol. The Labute approximate surface area is 200 Å². The molecule has 2 aliphatic heterocycles. The third kappa shape index (κ3) is 6.26. The van der Waals surface area contributed by atoms with Crippen LogP contribution in [0.15, 0.2) is 42.7 Å². The Balaban J connectivity index is 1.42. The van der Waals surface area contributed by atoms with E-state index >= 15 is 0 Å². The highest BCUT2D eigenvalue weighted by Gasteiger charge is 2.36. The molecular formula is C26H32ClN3O3. The van der Waals surface area contributed by atoms with Gasteiger partial charge in [-0.2, -0.15) is 0 Å². The maximum absolute atomic E-state index is 13.0. The van der Waals surface area contributed by atoms with Gasteiger partial charge in [0, 0.05) is 37.1 Å². The Morgan fingerprint density at radius 3 is 2.73 bits per heavy atom. The maximum atomic E-state index is 13.0. The van der Waals surface area contributed by atoms with Gasteiger partial charge in [0.25, 0.3) is 5.91 Å². The van der Waals surface area contributed by atoms with Crippen molar-refractivity contribution < 1.29 is 14.3 Å². The molecule has 3 heterocycles. The SMILES string of the molecule is O=C1NCC2(CCCCCCOc3ccc(Cl)cc31)CCN(C(=O)Cc1cccnc1)CC2. The van der Waals surface area contributed by atoms with Gasteiger partial charge < -0.3 is 15.0 Å². The highest BCUT2D eigenvalue weighted by atomic mass is 35.5. The van der Waals surface area contributed by atoms with Crippen LogP contribution in [0.5, 0.6) is 5.75 Å². The molecule has 1 spiro atoms. The third-order valence-electron chi connectivity index (χ3n) is 6.92. The van der Waals surface area contributed by atoms with Crippen LogP contribution in [-0.4, -0.2) is 47.9 Å². The summed E-state index contributed by atoms with van der Waals surface area (Å²) in [7, 11) is 0. The van der Waals surface area contributed by atoms with E-state index in [1.165, 1.54) is 0 Å². The molecule has 1 N–H and O–H groups in total. The van der Waals surface area contributed by atoms with Gasteiger partial charge in [-0.05, 0) is 60.9 Å². The molecule has 1 aromatic carbocycles. The number of amides is 2. The van der Waals surface area contributed by atoms with Crippen molar-refractivity contribution in [1.82, 2.24) is 15.2 Å². The number of nitrogens with zero attached hydrogens (tertiary/aromatic N) is 2. The Bertz CT molecular complexity index is 959. The van der Waals surface area contributed by atoms with Crippen LogP contribution >= 0.6 is 11.6 Å². The van der Waals surface area contributed by atoms with Gasteiger partial charge in [-0.15, -0.1) is 0 Å².